The first-order valence-electron chi connectivity index (χ1n) is 8.49. The van der Waals surface area contributed by atoms with E-state index in [1.807, 2.05) is 6.92 Å². The van der Waals surface area contributed by atoms with Gasteiger partial charge in [-0.2, -0.15) is 5.10 Å². The summed E-state index contributed by atoms with van der Waals surface area (Å²) in [6, 6.07) is 6.12. The maximum absolute atomic E-state index is 13.8. The number of aromatic nitrogens is 2. The van der Waals surface area contributed by atoms with Crippen molar-refractivity contribution < 1.29 is 19.0 Å². The Labute approximate surface area is 145 Å². The normalized spacial score (nSPS) is 21.0. The average Bonchev–Trinajstić information content (AvgIpc) is 3.03. The zero-order valence-electron chi connectivity index (χ0n) is 14.1. The van der Waals surface area contributed by atoms with Crippen LogP contribution in [0.4, 0.5) is 4.39 Å². The molecule has 0 saturated carbocycles. The number of rotatable bonds is 4. The van der Waals surface area contributed by atoms with Gasteiger partial charge in [-0.25, -0.2) is 4.39 Å². The molecule has 0 unspecified atom stereocenters. The van der Waals surface area contributed by atoms with Gasteiger partial charge in [0.2, 0.25) is 0 Å². The van der Waals surface area contributed by atoms with E-state index < -0.39 is 18.0 Å². The topological polar surface area (TPSA) is 67.6 Å². The molecule has 25 heavy (non-hydrogen) atoms. The fraction of sp³-hybridized carbons (Fsp3) is 0.444. The van der Waals surface area contributed by atoms with Crippen molar-refractivity contribution in [2.45, 2.75) is 38.5 Å². The van der Waals surface area contributed by atoms with Crippen molar-refractivity contribution in [2.24, 2.45) is 0 Å². The first-order chi connectivity index (χ1) is 12.1. The summed E-state index contributed by atoms with van der Waals surface area (Å²) >= 11 is 0. The Morgan fingerprint density at radius 3 is 2.84 bits per heavy atom. The number of halogens is 1. The van der Waals surface area contributed by atoms with Gasteiger partial charge in [0.1, 0.15) is 6.10 Å². The Morgan fingerprint density at radius 1 is 1.36 bits per heavy atom. The van der Waals surface area contributed by atoms with Gasteiger partial charge in [-0.3, -0.25) is 9.48 Å². The van der Waals surface area contributed by atoms with E-state index in [4.69, 9.17) is 4.74 Å². The van der Waals surface area contributed by atoms with E-state index >= 15 is 0 Å². The smallest absolute Gasteiger partial charge is 0.257 e. The minimum atomic E-state index is -0.754. The molecule has 2 aromatic rings. The highest BCUT2D eigenvalue weighted by atomic mass is 19.1. The number of carbonyl (C=O) groups is 1. The number of ether oxygens (including phenoxy) is 1. The van der Waals surface area contributed by atoms with Crippen LogP contribution in [0.3, 0.4) is 0 Å². The number of nitrogens with zero attached hydrogens (tertiary/aromatic N) is 3. The third-order valence-corrected chi connectivity index (χ3v) is 4.41. The Morgan fingerprint density at radius 2 is 2.12 bits per heavy atom. The molecule has 134 valence electrons. The lowest BCUT2D eigenvalue weighted by molar-refractivity contribution is 0.0328. The second kappa shape index (κ2) is 7.65. The first kappa shape index (κ1) is 17.4. The molecule has 1 aromatic carbocycles. The van der Waals surface area contributed by atoms with Crippen LogP contribution in [0.15, 0.2) is 36.7 Å². The molecule has 2 heterocycles. The number of para-hydroxylation sites is 1. The molecule has 0 aliphatic carbocycles. The van der Waals surface area contributed by atoms with E-state index in [1.165, 1.54) is 12.1 Å². The summed E-state index contributed by atoms with van der Waals surface area (Å²) < 4.78 is 21.1. The Hall–Kier alpha value is -2.41. The van der Waals surface area contributed by atoms with Crippen molar-refractivity contribution >= 4 is 5.91 Å². The zero-order valence-corrected chi connectivity index (χ0v) is 14.1. The summed E-state index contributed by atoms with van der Waals surface area (Å²) in [6.45, 7) is 3.51. The number of hydrogen-bond donors (Lipinski definition) is 1. The van der Waals surface area contributed by atoms with Gasteiger partial charge in [0.15, 0.2) is 11.6 Å². The van der Waals surface area contributed by atoms with Crippen molar-refractivity contribution in [1.82, 2.24) is 14.7 Å². The summed E-state index contributed by atoms with van der Waals surface area (Å²) in [4.78, 5) is 14.3. The molecule has 0 spiro atoms. The number of aliphatic hydroxyl groups is 1. The van der Waals surface area contributed by atoms with Crippen molar-refractivity contribution in [2.75, 3.05) is 13.1 Å². The van der Waals surface area contributed by atoms with Gasteiger partial charge >= 0.3 is 0 Å². The third-order valence-electron chi connectivity index (χ3n) is 4.41. The summed E-state index contributed by atoms with van der Waals surface area (Å²) in [5.41, 5.74) is 0.532. The lowest BCUT2D eigenvalue weighted by Crippen LogP contribution is -2.32. The highest BCUT2D eigenvalue weighted by molar-refractivity contribution is 5.93. The van der Waals surface area contributed by atoms with Crippen LogP contribution >= 0.6 is 0 Å². The van der Waals surface area contributed by atoms with Crippen LogP contribution in [0.5, 0.6) is 5.75 Å². The number of benzene rings is 1. The monoisotopic (exact) mass is 347 g/mol. The minimum Gasteiger partial charge on any atom is -0.485 e. The molecule has 1 amide bonds. The number of aliphatic hydroxyl groups excluding tert-OH is 1. The van der Waals surface area contributed by atoms with Crippen LogP contribution in [0.25, 0.3) is 0 Å². The maximum Gasteiger partial charge on any atom is 0.257 e. The van der Waals surface area contributed by atoms with Crippen molar-refractivity contribution in [3.63, 3.8) is 0 Å². The van der Waals surface area contributed by atoms with Crippen LogP contribution in [0.2, 0.25) is 0 Å². The number of amides is 1. The molecule has 7 heteroatoms. The van der Waals surface area contributed by atoms with Gasteiger partial charge in [0.25, 0.3) is 5.91 Å². The van der Waals surface area contributed by atoms with E-state index in [1.54, 1.807) is 34.1 Å². The largest absolute Gasteiger partial charge is 0.485 e. The molecule has 2 atom stereocenters. The van der Waals surface area contributed by atoms with Gasteiger partial charge in [0, 0.05) is 32.3 Å². The number of carbonyl (C=O) groups excluding carboxylic acids is 1. The molecule has 0 radical (unpaired) electrons. The van der Waals surface area contributed by atoms with E-state index in [9.17, 15) is 14.3 Å². The summed E-state index contributed by atoms with van der Waals surface area (Å²) in [7, 11) is 0. The van der Waals surface area contributed by atoms with Gasteiger partial charge < -0.3 is 14.7 Å². The minimum absolute atomic E-state index is 0.113. The molecule has 1 fully saturated rings. The Kier molecular flexibility index (Phi) is 5.33. The molecular formula is C18H22FN3O3. The number of hydrogen-bond acceptors (Lipinski definition) is 4. The fourth-order valence-electron chi connectivity index (χ4n) is 2.93. The summed E-state index contributed by atoms with van der Waals surface area (Å²) in [5.74, 6) is -0.451. The predicted molar refractivity (Wildman–Crippen MR) is 89.9 cm³/mol. The van der Waals surface area contributed by atoms with Crippen LogP contribution in [-0.4, -0.2) is 51.0 Å². The SMILES string of the molecule is CCn1cc(C(=O)N2CC[C@H](Oc3ccccc3F)[C@@H](O)CC2)cn1. The second-order valence-electron chi connectivity index (χ2n) is 6.11. The molecule has 1 saturated heterocycles. The molecular weight excluding hydrogens is 325 g/mol. The third kappa shape index (κ3) is 3.99. The zero-order chi connectivity index (χ0) is 17.8. The van der Waals surface area contributed by atoms with Crippen molar-refractivity contribution in [3.05, 3.63) is 48.0 Å². The van der Waals surface area contributed by atoms with Gasteiger partial charge in [-0.1, -0.05) is 12.1 Å². The second-order valence-corrected chi connectivity index (χ2v) is 6.11. The van der Waals surface area contributed by atoms with Crippen molar-refractivity contribution in [3.8, 4) is 5.75 Å². The Balaban J connectivity index is 1.66. The highest BCUT2D eigenvalue weighted by Gasteiger charge is 2.29. The molecule has 3 rings (SSSR count). The predicted octanol–water partition coefficient (Wildman–Crippen LogP) is 2.09. The molecule has 6 nitrogen and oxygen atoms in total. The van der Waals surface area contributed by atoms with Crippen LogP contribution < -0.4 is 4.74 Å². The lowest BCUT2D eigenvalue weighted by Gasteiger charge is -2.22. The lowest BCUT2D eigenvalue weighted by atomic mass is 10.1. The molecule has 1 N–H and O–H groups in total. The summed E-state index contributed by atoms with van der Waals surface area (Å²) in [5, 5.41) is 14.4. The van der Waals surface area contributed by atoms with Crippen LogP contribution in [-0.2, 0) is 6.54 Å². The molecule has 1 aliphatic rings. The first-order valence-corrected chi connectivity index (χ1v) is 8.49. The van der Waals surface area contributed by atoms with E-state index in [-0.39, 0.29) is 11.7 Å². The van der Waals surface area contributed by atoms with Crippen LogP contribution in [0.1, 0.15) is 30.1 Å². The van der Waals surface area contributed by atoms with Crippen molar-refractivity contribution in [1.29, 1.82) is 0 Å². The fourth-order valence-corrected chi connectivity index (χ4v) is 2.93. The van der Waals surface area contributed by atoms with Gasteiger partial charge in [-0.05, 0) is 25.5 Å². The number of likely N-dealkylation sites (tertiary alicyclic amines) is 1. The Bertz CT molecular complexity index is 734. The van der Waals surface area contributed by atoms with Gasteiger partial charge in [-0.15, -0.1) is 0 Å². The molecule has 1 aromatic heterocycles. The number of aryl methyl sites for hydroxylation is 1. The highest BCUT2D eigenvalue weighted by Crippen LogP contribution is 2.23. The molecule has 1 aliphatic heterocycles. The average molecular weight is 347 g/mol. The van der Waals surface area contributed by atoms with Gasteiger partial charge in [0.05, 0.1) is 17.9 Å². The van der Waals surface area contributed by atoms with E-state index in [2.05, 4.69) is 5.10 Å². The molecule has 0 bridgehead atoms. The van der Waals surface area contributed by atoms with E-state index in [0.717, 1.165) is 0 Å². The summed E-state index contributed by atoms with van der Waals surface area (Å²) in [6.07, 6.45) is 2.79. The standard InChI is InChI=1S/C18H22FN3O3/c1-2-22-12-13(11-20-22)18(24)21-9-7-15(23)17(8-10-21)25-16-6-4-3-5-14(16)19/h3-6,11-12,15,17,23H,2,7-10H2,1H3/t15-,17-/m0/s1. The maximum atomic E-state index is 13.8. The van der Waals surface area contributed by atoms with Crippen LogP contribution in [0, 0.1) is 5.82 Å². The quantitative estimate of drug-likeness (QED) is 0.920. The van der Waals surface area contributed by atoms with E-state index in [0.29, 0.717) is 38.0 Å².